The molecule has 0 bridgehead atoms. The number of aryl methyl sites for hydroxylation is 2. The van der Waals surface area contributed by atoms with Gasteiger partial charge in [-0.25, -0.2) is 9.97 Å². The maximum Gasteiger partial charge on any atom is 0.270 e. The van der Waals surface area contributed by atoms with Gasteiger partial charge in [0.1, 0.15) is 5.69 Å². The van der Waals surface area contributed by atoms with Gasteiger partial charge < -0.3 is 15.4 Å². The number of rotatable bonds is 8. The van der Waals surface area contributed by atoms with Crippen molar-refractivity contribution >= 4 is 17.5 Å². The predicted octanol–water partition coefficient (Wildman–Crippen LogP) is 2.86. The molecule has 0 radical (unpaired) electrons. The summed E-state index contributed by atoms with van der Waals surface area (Å²) in [6.45, 7) is 5.12. The van der Waals surface area contributed by atoms with E-state index in [1.54, 1.807) is 13.2 Å². The van der Waals surface area contributed by atoms with E-state index in [1.807, 2.05) is 19.1 Å². The van der Waals surface area contributed by atoms with E-state index in [2.05, 4.69) is 39.7 Å². The Kier molecular flexibility index (Phi) is 6.69. The summed E-state index contributed by atoms with van der Waals surface area (Å²) in [6, 6.07) is 9.75. The third-order valence-electron chi connectivity index (χ3n) is 3.52. The summed E-state index contributed by atoms with van der Waals surface area (Å²) in [5, 5.41) is 5.98. The van der Waals surface area contributed by atoms with Crippen LogP contribution >= 0.6 is 0 Å². The molecule has 24 heavy (non-hydrogen) atoms. The van der Waals surface area contributed by atoms with Gasteiger partial charge in [-0.3, -0.25) is 4.79 Å². The summed E-state index contributed by atoms with van der Waals surface area (Å²) in [7, 11) is 1.64. The van der Waals surface area contributed by atoms with Crippen LogP contribution in [0.3, 0.4) is 0 Å². The predicted molar refractivity (Wildman–Crippen MR) is 94.7 cm³/mol. The van der Waals surface area contributed by atoms with E-state index in [9.17, 15) is 4.79 Å². The largest absolute Gasteiger partial charge is 0.385 e. The standard InChI is InChI=1S/C18H24N4O2/c1-4-14-6-8-15(9-7-14)21-18-20-13(2)12-16(22-18)17(23)19-10-5-11-24-3/h6-9,12H,4-5,10-11H2,1-3H3,(H,19,23)(H,20,21,22). The molecule has 6 nitrogen and oxygen atoms in total. The van der Waals surface area contributed by atoms with E-state index >= 15 is 0 Å². The lowest BCUT2D eigenvalue weighted by molar-refractivity contribution is 0.0943. The summed E-state index contributed by atoms with van der Waals surface area (Å²) in [6.07, 6.45) is 1.76. The van der Waals surface area contributed by atoms with Gasteiger partial charge in [0.2, 0.25) is 5.95 Å². The maximum absolute atomic E-state index is 12.2. The number of amides is 1. The lowest BCUT2D eigenvalue weighted by Crippen LogP contribution is -2.26. The zero-order chi connectivity index (χ0) is 17.4. The Morgan fingerprint density at radius 3 is 2.62 bits per heavy atom. The molecule has 0 saturated carbocycles. The highest BCUT2D eigenvalue weighted by atomic mass is 16.5. The molecule has 1 aromatic carbocycles. The van der Waals surface area contributed by atoms with Gasteiger partial charge in [-0.1, -0.05) is 19.1 Å². The van der Waals surface area contributed by atoms with E-state index < -0.39 is 0 Å². The van der Waals surface area contributed by atoms with Crippen molar-refractivity contribution in [2.45, 2.75) is 26.7 Å². The van der Waals surface area contributed by atoms with Crippen molar-refractivity contribution in [3.05, 3.63) is 47.3 Å². The van der Waals surface area contributed by atoms with Crippen LogP contribution < -0.4 is 10.6 Å². The van der Waals surface area contributed by atoms with Crippen molar-refractivity contribution in [1.29, 1.82) is 0 Å². The Morgan fingerprint density at radius 2 is 1.96 bits per heavy atom. The number of aromatic nitrogens is 2. The highest BCUT2D eigenvalue weighted by Crippen LogP contribution is 2.15. The van der Waals surface area contributed by atoms with Crippen LogP contribution in [-0.2, 0) is 11.2 Å². The quantitative estimate of drug-likeness (QED) is 0.729. The van der Waals surface area contributed by atoms with Crippen LogP contribution in [0.4, 0.5) is 11.6 Å². The van der Waals surface area contributed by atoms with Crippen LogP contribution in [-0.4, -0.2) is 36.1 Å². The van der Waals surface area contributed by atoms with Crippen molar-refractivity contribution in [2.24, 2.45) is 0 Å². The average molecular weight is 328 g/mol. The van der Waals surface area contributed by atoms with Crippen LogP contribution in [0.5, 0.6) is 0 Å². The first-order valence-corrected chi connectivity index (χ1v) is 8.11. The number of ether oxygens (including phenoxy) is 1. The monoisotopic (exact) mass is 328 g/mol. The first-order chi connectivity index (χ1) is 11.6. The number of carbonyl (C=O) groups is 1. The van der Waals surface area contributed by atoms with Gasteiger partial charge in [0, 0.05) is 31.6 Å². The Bertz CT molecular complexity index is 671. The van der Waals surface area contributed by atoms with Crippen LogP contribution in [0.15, 0.2) is 30.3 Å². The highest BCUT2D eigenvalue weighted by Gasteiger charge is 2.10. The van der Waals surface area contributed by atoms with E-state index in [-0.39, 0.29) is 5.91 Å². The number of nitrogens with one attached hydrogen (secondary N) is 2. The summed E-state index contributed by atoms with van der Waals surface area (Å²) in [4.78, 5) is 20.8. The molecule has 0 aliphatic rings. The fourth-order valence-electron chi connectivity index (χ4n) is 2.20. The number of hydrogen-bond acceptors (Lipinski definition) is 5. The summed E-state index contributed by atoms with van der Waals surface area (Å²) in [5.74, 6) is 0.210. The number of nitrogens with zero attached hydrogens (tertiary/aromatic N) is 2. The average Bonchev–Trinajstić information content (AvgIpc) is 2.58. The fourth-order valence-corrected chi connectivity index (χ4v) is 2.20. The first-order valence-electron chi connectivity index (χ1n) is 8.11. The zero-order valence-corrected chi connectivity index (χ0v) is 14.4. The van der Waals surface area contributed by atoms with Gasteiger partial charge in [0.25, 0.3) is 5.91 Å². The van der Waals surface area contributed by atoms with E-state index in [4.69, 9.17) is 4.74 Å². The molecule has 1 aromatic heterocycles. The first kappa shape index (κ1) is 17.9. The second-order valence-corrected chi connectivity index (χ2v) is 5.50. The van der Waals surface area contributed by atoms with Crippen LogP contribution in [0.1, 0.15) is 35.1 Å². The highest BCUT2D eigenvalue weighted by molar-refractivity contribution is 5.92. The molecular formula is C18H24N4O2. The van der Waals surface area contributed by atoms with Gasteiger partial charge in [0.15, 0.2) is 0 Å². The lowest BCUT2D eigenvalue weighted by atomic mass is 10.1. The van der Waals surface area contributed by atoms with Gasteiger partial charge in [-0.15, -0.1) is 0 Å². The molecule has 0 unspecified atom stereocenters. The molecule has 6 heteroatoms. The number of benzene rings is 1. The molecule has 0 aliphatic heterocycles. The minimum Gasteiger partial charge on any atom is -0.385 e. The van der Waals surface area contributed by atoms with Gasteiger partial charge in [0.05, 0.1) is 0 Å². The molecule has 0 spiro atoms. The topological polar surface area (TPSA) is 76.1 Å². The van der Waals surface area contributed by atoms with Crippen molar-refractivity contribution in [3.63, 3.8) is 0 Å². The maximum atomic E-state index is 12.2. The van der Waals surface area contributed by atoms with Crippen molar-refractivity contribution in [1.82, 2.24) is 15.3 Å². The van der Waals surface area contributed by atoms with Crippen molar-refractivity contribution in [2.75, 3.05) is 25.6 Å². The summed E-state index contributed by atoms with van der Waals surface area (Å²) < 4.78 is 4.96. The molecule has 2 rings (SSSR count). The Hall–Kier alpha value is -2.47. The lowest BCUT2D eigenvalue weighted by Gasteiger charge is -2.09. The molecule has 0 saturated heterocycles. The molecule has 0 atom stereocenters. The summed E-state index contributed by atoms with van der Waals surface area (Å²) in [5.41, 5.74) is 3.25. The molecule has 1 heterocycles. The van der Waals surface area contributed by atoms with E-state index in [1.165, 1.54) is 5.56 Å². The van der Waals surface area contributed by atoms with Gasteiger partial charge in [-0.05, 0) is 43.5 Å². The molecule has 1 amide bonds. The van der Waals surface area contributed by atoms with Gasteiger partial charge in [-0.2, -0.15) is 0 Å². The van der Waals surface area contributed by atoms with E-state index in [0.29, 0.717) is 24.8 Å². The third-order valence-corrected chi connectivity index (χ3v) is 3.52. The second kappa shape index (κ2) is 8.98. The van der Waals surface area contributed by atoms with Crippen LogP contribution in [0.2, 0.25) is 0 Å². The van der Waals surface area contributed by atoms with Crippen molar-refractivity contribution in [3.8, 4) is 0 Å². The zero-order valence-electron chi connectivity index (χ0n) is 14.4. The number of anilines is 2. The third kappa shape index (κ3) is 5.31. The minimum absolute atomic E-state index is 0.207. The van der Waals surface area contributed by atoms with Crippen LogP contribution in [0.25, 0.3) is 0 Å². The second-order valence-electron chi connectivity index (χ2n) is 5.50. The molecule has 0 aliphatic carbocycles. The van der Waals surface area contributed by atoms with Crippen LogP contribution in [0, 0.1) is 6.92 Å². The minimum atomic E-state index is -0.207. The van der Waals surface area contributed by atoms with E-state index in [0.717, 1.165) is 24.2 Å². The number of carbonyl (C=O) groups excluding carboxylic acids is 1. The Balaban J connectivity index is 2.05. The molecular weight excluding hydrogens is 304 g/mol. The SMILES string of the molecule is CCc1ccc(Nc2nc(C)cc(C(=O)NCCCOC)n2)cc1. The normalized spacial score (nSPS) is 10.5. The number of hydrogen-bond donors (Lipinski definition) is 2. The summed E-state index contributed by atoms with van der Waals surface area (Å²) >= 11 is 0. The fraction of sp³-hybridized carbons (Fsp3) is 0.389. The molecule has 128 valence electrons. The number of methoxy groups -OCH3 is 1. The molecule has 2 N–H and O–H groups in total. The Morgan fingerprint density at radius 1 is 1.21 bits per heavy atom. The molecule has 2 aromatic rings. The van der Waals surface area contributed by atoms with Crippen molar-refractivity contribution < 1.29 is 9.53 Å². The molecule has 0 fully saturated rings. The smallest absolute Gasteiger partial charge is 0.270 e. The Labute approximate surface area is 142 Å². The van der Waals surface area contributed by atoms with Gasteiger partial charge >= 0.3 is 0 Å².